The lowest BCUT2D eigenvalue weighted by atomic mass is 10.0. The van der Waals surface area contributed by atoms with Crippen molar-refractivity contribution in [1.29, 1.82) is 0 Å². The maximum absolute atomic E-state index is 13.5. The highest BCUT2D eigenvalue weighted by molar-refractivity contribution is 6.31. The zero-order chi connectivity index (χ0) is 21.3. The number of rotatable bonds is 4. The van der Waals surface area contributed by atoms with Gasteiger partial charge in [-0.2, -0.15) is 13.2 Å². The molecule has 0 radical (unpaired) electrons. The van der Waals surface area contributed by atoms with E-state index in [9.17, 15) is 27.2 Å². The van der Waals surface area contributed by atoms with Gasteiger partial charge in [0.15, 0.2) is 5.69 Å². The van der Waals surface area contributed by atoms with Crippen LogP contribution in [0.2, 0.25) is 10.0 Å². The molecule has 6 nitrogen and oxygen atoms in total. The van der Waals surface area contributed by atoms with Gasteiger partial charge >= 0.3 is 12.2 Å². The number of hydrogen-bond acceptors (Lipinski definition) is 3. The van der Waals surface area contributed by atoms with Crippen molar-refractivity contribution in [3.63, 3.8) is 0 Å². The second kappa shape index (κ2) is 8.03. The van der Waals surface area contributed by atoms with E-state index in [2.05, 4.69) is 20.9 Å². The largest absolute Gasteiger partial charge is 0.434 e. The second-order valence-corrected chi connectivity index (χ2v) is 6.90. The standard InChI is InChI=1S/C17H12Cl2F4N4O2/c18-8-2-4-11(25-14(8)17(21,22)23)13(7-1-3-10(20)9(19)5-7)27-15(28)12-6-24-16(29)26-12/h1-5,12-13H,6H2,(H,27,28)(H2,24,26,29)/t12?,13-/m0/s1. The molecule has 1 unspecified atom stereocenters. The van der Waals surface area contributed by atoms with Crippen molar-refractivity contribution in [3.8, 4) is 0 Å². The number of carbonyl (C=O) groups excluding carboxylic acids is 2. The third-order valence-corrected chi connectivity index (χ3v) is 4.68. The predicted molar refractivity (Wildman–Crippen MR) is 96.0 cm³/mol. The summed E-state index contributed by atoms with van der Waals surface area (Å²) in [7, 11) is 0. The summed E-state index contributed by atoms with van der Waals surface area (Å²) in [5.74, 6) is -1.42. The molecule has 2 heterocycles. The van der Waals surface area contributed by atoms with E-state index >= 15 is 0 Å². The number of amides is 3. The lowest BCUT2D eigenvalue weighted by Gasteiger charge is -2.22. The average molecular weight is 451 g/mol. The van der Waals surface area contributed by atoms with Gasteiger partial charge in [0.2, 0.25) is 5.91 Å². The minimum Gasteiger partial charge on any atom is -0.342 e. The number of nitrogens with one attached hydrogen (secondary N) is 3. The molecule has 12 heteroatoms. The number of halogens is 6. The number of alkyl halides is 3. The fraction of sp³-hybridized carbons (Fsp3) is 0.235. The lowest BCUT2D eigenvalue weighted by molar-refractivity contribution is -0.141. The van der Waals surface area contributed by atoms with Gasteiger partial charge in [0.05, 0.1) is 21.8 Å². The molecule has 3 N–H and O–H groups in total. The third-order valence-electron chi connectivity index (χ3n) is 4.08. The molecule has 0 bridgehead atoms. The van der Waals surface area contributed by atoms with Crippen molar-refractivity contribution in [1.82, 2.24) is 20.9 Å². The van der Waals surface area contributed by atoms with Gasteiger partial charge < -0.3 is 16.0 Å². The molecule has 3 rings (SSSR count). The summed E-state index contributed by atoms with van der Waals surface area (Å²) in [6.45, 7) is -0.0105. The fourth-order valence-electron chi connectivity index (χ4n) is 2.69. The summed E-state index contributed by atoms with van der Waals surface area (Å²) in [6, 6.07) is 2.90. The summed E-state index contributed by atoms with van der Waals surface area (Å²) in [5, 5.41) is 6.36. The maximum Gasteiger partial charge on any atom is 0.434 e. The zero-order valence-corrected chi connectivity index (χ0v) is 15.8. The summed E-state index contributed by atoms with van der Waals surface area (Å²) in [4.78, 5) is 27.3. The van der Waals surface area contributed by atoms with Crippen molar-refractivity contribution in [2.24, 2.45) is 0 Å². The molecule has 2 atom stereocenters. The molecular formula is C17H12Cl2F4N4O2. The molecule has 1 aromatic carbocycles. The first kappa shape index (κ1) is 21.1. The number of urea groups is 1. The van der Waals surface area contributed by atoms with Crippen LogP contribution in [0.25, 0.3) is 0 Å². The van der Waals surface area contributed by atoms with E-state index in [0.717, 1.165) is 18.2 Å². The fourth-order valence-corrected chi connectivity index (χ4v) is 3.09. The minimum absolute atomic E-state index is 0.0105. The van der Waals surface area contributed by atoms with E-state index in [1.54, 1.807) is 0 Å². The quantitative estimate of drug-likeness (QED) is 0.624. The van der Waals surface area contributed by atoms with Gasteiger partial charge in [-0.15, -0.1) is 0 Å². The van der Waals surface area contributed by atoms with Gasteiger partial charge in [-0.25, -0.2) is 14.2 Å². The molecule has 1 aliphatic rings. The summed E-state index contributed by atoms with van der Waals surface area (Å²) in [5.41, 5.74) is -1.35. The van der Waals surface area contributed by atoms with Crippen molar-refractivity contribution in [2.45, 2.75) is 18.3 Å². The summed E-state index contributed by atoms with van der Waals surface area (Å²) in [6.07, 6.45) is -4.83. The van der Waals surface area contributed by atoms with Crippen molar-refractivity contribution >= 4 is 35.1 Å². The van der Waals surface area contributed by atoms with Gasteiger partial charge in [-0.05, 0) is 29.8 Å². The minimum atomic E-state index is -4.83. The van der Waals surface area contributed by atoms with Gasteiger partial charge in [-0.3, -0.25) is 4.79 Å². The predicted octanol–water partition coefficient (Wildman–Crippen LogP) is 3.43. The lowest BCUT2D eigenvalue weighted by Crippen LogP contribution is -2.44. The Bertz CT molecular complexity index is 971. The molecule has 154 valence electrons. The number of aromatic nitrogens is 1. The number of carbonyl (C=O) groups is 2. The van der Waals surface area contributed by atoms with Crippen molar-refractivity contribution in [2.75, 3.05) is 6.54 Å². The summed E-state index contributed by atoms with van der Waals surface area (Å²) < 4.78 is 53.1. The molecule has 1 fully saturated rings. The Labute approximate surface area is 171 Å². The van der Waals surface area contributed by atoms with Gasteiger partial charge in [0.1, 0.15) is 11.9 Å². The Hall–Kier alpha value is -2.59. The van der Waals surface area contributed by atoms with Crippen LogP contribution in [0.15, 0.2) is 30.3 Å². The normalized spacial score (nSPS) is 17.4. The molecule has 1 aromatic heterocycles. The van der Waals surface area contributed by atoms with Crippen LogP contribution in [-0.4, -0.2) is 29.5 Å². The third kappa shape index (κ3) is 4.70. The second-order valence-electron chi connectivity index (χ2n) is 6.09. The van der Waals surface area contributed by atoms with Crippen LogP contribution in [0, 0.1) is 5.82 Å². The van der Waals surface area contributed by atoms with E-state index < -0.39 is 46.7 Å². The van der Waals surface area contributed by atoms with E-state index in [1.807, 2.05) is 0 Å². The number of pyridine rings is 1. The Morgan fingerprint density at radius 2 is 1.93 bits per heavy atom. The number of benzene rings is 1. The monoisotopic (exact) mass is 450 g/mol. The van der Waals surface area contributed by atoms with E-state index in [-0.39, 0.29) is 22.8 Å². The first-order chi connectivity index (χ1) is 13.6. The van der Waals surface area contributed by atoms with Crippen LogP contribution in [0.1, 0.15) is 23.0 Å². The topological polar surface area (TPSA) is 83.1 Å². The molecule has 3 amide bonds. The van der Waals surface area contributed by atoms with Gasteiger partial charge in [0.25, 0.3) is 0 Å². The first-order valence-electron chi connectivity index (χ1n) is 8.09. The van der Waals surface area contributed by atoms with Gasteiger partial charge in [0, 0.05) is 6.54 Å². The maximum atomic E-state index is 13.5. The van der Waals surface area contributed by atoms with Crippen LogP contribution in [0.5, 0.6) is 0 Å². The number of nitrogens with zero attached hydrogens (tertiary/aromatic N) is 1. The van der Waals surface area contributed by atoms with Crippen LogP contribution in [-0.2, 0) is 11.0 Å². The van der Waals surface area contributed by atoms with Crippen molar-refractivity contribution < 1.29 is 27.2 Å². The molecule has 0 spiro atoms. The Morgan fingerprint density at radius 1 is 1.21 bits per heavy atom. The molecule has 1 saturated heterocycles. The molecule has 29 heavy (non-hydrogen) atoms. The number of hydrogen-bond donors (Lipinski definition) is 3. The molecular weight excluding hydrogens is 439 g/mol. The highest BCUT2D eigenvalue weighted by Gasteiger charge is 2.37. The Balaban J connectivity index is 2.02. The van der Waals surface area contributed by atoms with Crippen molar-refractivity contribution in [3.05, 3.63) is 63.1 Å². The van der Waals surface area contributed by atoms with E-state index in [1.165, 1.54) is 12.1 Å². The van der Waals surface area contributed by atoms with E-state index in [4.69, 9.17) is 23.2 Å². The van der Waals surface area contributed by atoms with Crippen LogP contribution >= 0.6 is 23.2 Å². The average Bonchev–Trinajstić information content (AvgIpc) is 3.08. The highest BCUT2D eigenvalue weighted by atomic mass is 35.5. The highest BCUT2D eigenvalue weighted by Crippen LogP contribution is 2.35. The Kier molecular flexibility index (Phi) is 5.85. The van der Waals surface area contributed by atoms with Gasteiger partial charge in [-0.1, -0.05) is 29.3 Å². The molecule has 1 aliphatic heterocycles. The van der Waals surface area contributed by atoms with Crippen LogP contribution < -0.4 is 16.0 Å². The molecule has 2 aromatic rings. The summed E-state index contributed by atoms with van der Waals surface area (Å²) >= 11 is 11.4. The Morgan fingerprint density at radius 3 is 2.52 bits per heavy atom. The SMILES string of the molecule is O=C1NCC(C(=O)N[C@@H](c2ccc(F)c(Cl)c2)c2ccc(Cl)c(C(F)(F)F)n2)N1. The van der Waals surface area contributed by atoms with Crippen LogP contribution in [0.3, 0.4) is 0 Å². The smallest absolute Gasteiger partial charge is 0.342 e. The molecule has 0 aliphatic carbocycles. The zero-order valence-electron chi connectivity index (χ0n) is 14.3. The first-order valence-corrected chi connectivity index (χ1v) is 8.85. The van der Waals surface area contributed by atoms with E-state index in [0.29, 0.717) is 0 Å². The molecule has 0 saturated carbocycles. The van der Waals surface area contributed by atoms with Crippen LogP contribution in [0.4, 0.5) is 22.4 Å².